The van der Waals surface area contributed by atoms with E-state index in [-0.39, 0.29) is 6.04 Å². The van der Waals surface area contributed by atoms with Crippen LogP contribution in [0, 0.1) is 0 Å². The van der Waals surface area contributed by atoms with Gasteiger partial charge in [-0.05, 0) is 38.3 Å². The third-order valence-corrected chi connectivity index (χ3v) is 3.75. The van der Waals surface area contributed by atoms with Gasteiger partial charge in [0.05, 0.1) is 0 Å². The highest BCUT2D eigenvalue weighted by Gasteiger charge is 2.20. The van der Waals surface area contributed by atoms with Crippen LogP contribution in [-0.2, 0) is 6.42 Å². The van der Waals surface area contributed by atoms with Crippen molar-refractivity contribution in [1.82, 2.24) is 4.90 Å². The Kier molecular flexibility index (Phi) is 4.57. The molecule has 0 spiro atoms. The minimum Gasteiger partial charge on any atom is -0.326 e. The van der Waals surface area contributed by atoms with E-state index in [1.54, 1.807) is 0 Å². The van der Waals surface area contributed by atoms with Crippen molar-refractivity contribution >= 4 is 0 Å². The molecule has 0 aliphatic carbocycles. The summed E-state index contributed by atoms with van der Waals surface area (Å²) in [6.45, 7) is 4.59. The molecule has 94 valence electrons. The highest BCUT2D eigenvalue weighted by atomic mass is 15.2. The summed E-state index contributed by atoms with van der Waals surface area (Å²) in [5, 5.41) is 0. The zero-order valence-electron chi connectivity index (χ0n) is 10.8. The second kappa shape index (κ2) is 6.18. The predicted octanol–water partition coefficient (Wildman–Crippen LogP) is 2.43. The van der Waals surface area contributed by atoms with E-state index >= 15 is 0 Å². The number of likely N-dealkylation sites (tertiary alicyclic amines) is 1. The Morgan fingerprint density at radius 1 is 1.29 bits per heavy atom. The number of hydrogen-bond acceptors (Lipinski definition) is 2. The second-order valence-corrected chi connectivity index (χ2v) is 5.29. The molecule has 2 nitrogen and oxygen atoms in total. The van der Waals surface area contributed by atoms with Gasteiger partial charge in [-0.1, -0.05) is 36.8 Å². The van der Waals surface area contributed by atoms with Gasteiger partial charge >= 0.3 is 0 Å². The van der Waals surface area contributed by atoms with Crippen LogP contribution in [0.2, 0.25) is 0 Å². The van der Waals surface area contributed by atoms with Gasteiger partial charge in [0.2, 0.25) is 0 Å². The molecule has 0 radical (unpaired) electrons. The summed E-state index contributed by atoms with van der Waals surface area (Å²) in [7, 11) is 0. The maximum Gasteiger partial charge on any atom is 0.0208 e. The van der Waals surface area contributed by atoms with E-state index < -0.39 is 0 Å². The molecule has 1 unspecified atom stereocenters. The Hall–Kier alpha value is -0.860. The van der Waals surface area contributed by atoms with E-state index in [1.807, 2.05) is 0 Å². The molecule has 2 atom stereocenters. The Morgan fingerprint density at radius 2 is 2.06 bits per heavy atom. The number of nitrogens with zero attached hydrogens (tertiary/aromatic N) is 1. The second-order valence-electron chi connectivity index (χ2n) is 5.29. The van der Waals surface area contributed by atoms with Crippen molar-refractivity contribution in [1.29, 1.82) is 0 Å². The van der Waals surface area contributed by atoms with E-state index in [9.17, 15) is 0 Å². The zero-order chi connectivity index (χ0) is 12.1. The molecule has 2 N–H and O–H groups in total. The SMILES string of the molecule is CC1CCCCN1C[C@H](N)Cc1ccccc1. The van der Waals surface area contributed by atoms with Gasteiger partial charge in [-0.3, -0.25) is 4.90 Å². The normalized spacial score (nSPS) is 23.5. The fourth-order valence-corrected chi connectivity index (χ4v) is 2.71. The maximum absolute atomic E-state index is 6.26. The molecule has 2 heteroatoms. The van der Waals surface area contributed by atoms with Gasteiger partial charge in [-0.15, -0.1) is 0 Å². The monoisotopic (exact) mass is 232 g/mol. The molecule has 0 amide bonds. The van der Waals surface area contributed by atoms with Crippen LogP contribution >= 0.6 is 0 Å². The third-order valence-electron chi connectivity index (χ3n) is 3.75. The van der Waals surface area contributed by atoms with Crippen molar-refractivity contribution in [3.63, 3.8) is 0 Å². The first-order chi connectivity index (χ1) is 8.25. The molecule has 1 heterocycles. The summed E-state index contributed by atoms with van der Waals surface area (Å²) in [4.78, 5) is 2.55. The van der Waals surface area contributed by atoms with E-state index in [4.69, 9.17) is 5.73 Å². The first-order valence-electron chi connectivity index (χ1n) is 6.79. The van der Waals surface area contributed by atoms with Gasteiger partial charge in [0, 0.05) is 18.6 Å². The van der Waals surface area contributed by atoms with Crippen LogP contribution in [0.3, 0.4) is 0 Å². The minimum absolute atomic E-state index is 0.262. The number of benzene rings is 1. The molecule has 0 saturated carbocycles. The van der Waals surface area contributed by atoms with E-state index in [0.717, 1.165) is 13.0 Å². The number of piperidine rings is 1. The fourth-order valence-electron chi connectivity index (χ4n) is 2.71. The van der Waals surface area contributed by atoms with Gasteiger partial charge in [0.25, 0.3) is 0 Å². The smallest absolute Gasteiger partial charge is 0.0208 e. The molecule has 1 aliphatic heterocycles. The van der Waals surface area contributed by atoms with E-state index in [2.05, 4.69) is 42.2 Å². The Morgan fingerprint density at radius 3 is 2.76 bits per heavy atom. The number of rotatable bonds is 4. The summed E-state index contributed by atoms with van der Waals surface area (Å²) >= 11 is 0. The van der Waals surface area contributed by atoms with Crippen molar-refractivity contribution < 1.29 is 0 Å². The van der Waals surface area contributed by atoms with Crippen LogP contribution in [0.25, 0.3) is 0 Å². The fraction of sp³-hybridized carbons (Fsp3) is 0.600. The molecule has 0 bridgehead atoms. The first kappa shape index (κ1) is 12.6. The standard InChI is InChI=1S/C15H24N2/c1-13-7-5-6-10-17(13)12-15(16)11-14-8-3-2-4-9-14/h2-4,8-9,13,15H,5-7,10-12,16H2,1H3/t13?,15-/m1/s1. The largest absolute Gasteiger partial charge is 0.326 e. The first-order valence-corrected chi connectivity index (χ1v) is 6.79. The molecule has 1 saturated heterocycles. The number of nitrogens with two attached hydrogens (primary N) is 1. The lowest BCUT2D eigenvalue weighted by Gasteiger charge is -2.35. The predicted molar refractivity (Wildman–Crippen MR) is 73.0 cm³/mol. The maximum atomic E-state index is 6.26. The quantitative estimate of drug-likeness (QED) is 0.864. The minimum atomic E-state index is 0.262. The van der Waals surface area contributed by atoms with E-state index in [1.165, 1.54) is 31.4 Å². The average molecular weight is 232 g/mol. The van der Waals surface area contributed by atoms with Crippen LogP contribution in [-0.4, -0.2) is 30.1 Å². The van der Waals surface area contributed by atoms with Crippen LogP contribution < -0.4 is 5.73 Å². The van der Waals surface area contributed by atoms with Crippen LogP contribution in [0.15, 0.2) is 30.3 Å². The van der Waals surface area contributed by atoms with Crippen LogP contribution in [0.1, 0.15) is 31.7 Å². The van der Waals surface area contributed by atoms with Crippen molar-refractivity contribution in [3.8, 4) is 0 Å². The summed E-state index contributed by atoms with van der Waals surface area (Å²) < 4.78 is 0. The van der Waals surface area contributed by atoms with Crippen molar-refractivity contribution in [2.24, 2.45) is 5.73 Å². The van der Waals surface area contributed by atoms with Crippen molar-refractivity contribution in [2.45, 2.75) is 44.7 Å². The third kappa shape index (κ3) is 3.83. The molecular weight excluding hydrogens is 208 g/mol. The molecular formula is C15H24N2. The summed E-state index contributed by atoms with van der Waals surface area (Å²) in [5.41, 5.74) is 7.61. The van der Waals surface area contributed by atoms with Gasteiger partial charge in [0.15, 0.2) is 0 Å². The van der Waals surface area contributed by atoms with Crippen LogP contribution in [0.4, 0.5) is 0 Å². The van der Waals surface area contributed by atoms with E-state index in [0.29, 0.717) is 6.04 Å². The van der Waals surface area contributed by atoms with Crippen molar-refractivity contribution in [3.05, 3.63) is 35.9 Å². The summed E-state index contributed by atoms with van der Waals surface area (Å²) in [5.74, 6) is 0. The molecule has 1 aromatic carbocycles. The number of hydrogen-bond donors (Lipinski definition) is 1. The van der Waals surface area contributed by atoms with Gasteiger partial charge in [0.1, 0.15) is 0 Å². The topological polar surface area (TPSA) is 29.3 Å². The molecule has 17 heavy (non-hydrogen) atoms. The highest BCUT2D eigenvalue weighted by Crippen LogP contribution is 2.16. The van der Waals surface area contributed by atoms with Crippen LogP contribution in [0.5, 0.6) is 0 Å². The highest BCUT2D eigenvalue weighted by molar-refractivity contribution is 5.15. The average Bonchev–Trinajstić information content (AvgIpc) is 2.33. The summed E-state index contributed by atoms with van der Waals surface area (Å²) in [6.07, 6.45) is 5.04. The Bertz CT molecular complexity index is 323. The summed E-state index contributed by atoms with van der Waals surface area (Å²) in [6, 6.07) is 11.5. The van der Waals surface area contributed by atoms with Gasteiger partial charge in [-0.2, -0.15) is 0 Å². The van der Waals surface area contributed by atoms with Gasteiger partial charge in [-0.25, -0.2) is 0 Å². The molecule has 1 fully saturated rings. The lowest BCUT2D eigenvalue weighted by Crippen LogP contribution is -2.45. The Balaban J connectivity index is 1.82. The zero-order valence-corrected chi connectivity index (χ0v) is 10.8. The molecule has 1 aromatic rings. The van der Waals surface area contributed by atoms with Gasteiger partial charge < -0.3 is 5.73 Å². The molecule has 1 aliphatic rings. The lowest BCUT2D eigenvalue weighted by atomic mass is 10.0. The molecule has 2 rings (SSSR count). The molecule has 0 aromatic heterocycles. The Labute approximate surface area is 105 Å². The van der Waals surface area contributed by atoms with Crippen molar-refractivity contribution in [2.75, 3.05) is 13.1 Å². The lowest BCUT2D eigenvalue weighted by molar-refractivity contribution is 0.151.